The van der Waals surface area contributed by atoms with Gasteiger partial charge in [0.2, 0.25) is 11.8 Å². The quantitative estimate of drug-likeness (QED) is 0.903. The highest BCUT2D eigenvalue weighted by Crippen LogP contribution is 2.28. The average Bonchev–Trinajstić information content (AvgIpc) is 2.53. The molecule has 19 heavy (non-hydrogen) atoms. The molecular weight excluding hydrogens is 264 g/mol. The summed E-state index contributed by atoms with van der Waals surface area (Å²) in [5.41, 5.74) is 1.65. The standard InChI is InChI=1S/C14H17ClN2O2/c1-3-11-14(19)17(8-7-13(18)16-11)12-6-4-5-10(15)9(12)2/h4-6,11H,3,7-8H2,1-2H3,(H,16,18). The topological polar surface area (TPSA) is 49.4 Å². The molecule has 1 aromatic carbocycles. The van der Waals surface area contributed by atoms with Gasteiger partial charge in [-0.1, -0.05) is 24.6 Å². The molecule has 0 bridgehead atoms. The van der Waals surface area contributed by atoms with E-state index in [9.17, 15) is 9.59 Å². The Hall–Kier alpha value is -1.55. The fraction of sp³-hybridized carbons (Fsp3) is 0.429. The Balaban J connectivity index is 2.39. The van der Waals surface area contributed by atoms with Crippen LogP contribution in [0.3, 0.4) is 0 Å². The number of carbonyl (C=O) groups excluding carboxylic acids is 2. The van der Waals surface area contributed by atoms with E-state index in [0.717, 1.165) is 11.3 Å². The number of hydrogen-bond donors (Lipinski definition) is 1. The van der Waals surface area contributed by atoms with Gasteiger partial charge in [-0.3, -0.25) is 9.59 Å². The van der Waals surface area contributed by atoms with E-state index in [-0.39, 0.29) is 11.8 Å². The van der Waals surface area contributed by atoms with Gasteiger partial charge in [0.25, 0.3) is 0 Å². The van der Waals surface area contributed by atoms with Crippen LogP contribution in [0, 0.1) is 6.92 Å². The summed E-state index contributed by atoms with van der Waals surface area (Å²) in [5, 5.41) is 3.38. The zero-order chi connectivity index (χ0) is 14.0. The predicted molar refractivity (Wildman–Crippen MR) is 75.4 cm³/mol. The Morgan fingerprint density at radius 3 is 2.84 bits per heavy atom. The minimum Gasteiger partial charge on any atom is -0.344 e. The summed E-state index contributed by atoms with van der Waals surface area (Å²) in [7, 11) is 0. The minimum atomic E-state index is -0.451. The van der Waals surface area contributed by atoms with Gasteiger partial charge < -0.3 is 10.2 Å². The lowest BCUT2D eigenvalue weighted by atomic mass is 10.1. The van der Waals surface area contributed by atoms with Crippen LogP contribution in [0.4, 0.5) is 5.69 Å². The van der Waals surface area contributed by atoms with Crippen molar-refractivity contribution in [2.24, 2.45) is 0 Å². The molecule has 0 aliphatic carbocycles. The predicted octanol–water partition coefficient (Wildman–Crippen LogP) is 2.28. The third kappa shape index (κ3) is 2.73. The van der Waals surface area contributed by atoms with E-state index < -0.39 is 6.04 Å². The molecule has 1 heterocycles. The Labute approximate surface area is 117 Å². The van der Waals surface area contributed by atoms with Crippen LogP contribution in [-0.2, 0) is 9.59 Å². The lowest BCUT2D eigenvalue weighted by Crippen LogP contribution is -2.44. The van der Waals surface area contributed by atoms with E-state index >= 15 is 0 Å². The van der Waals surface area contributed by atoms with Gasteiger partial charge in [0, 0.05) is 23.7 Å². The van der Waals surface area contributed by atoms with Crippen molar-refractivity contribution in [2.75, 3.05) is 11.4 Å². The highest BCUT2D eigenvalue weighted by atomic mass is 35.5. The maximum absolute atomic E-state index is 12.5. The van der Waals surface area contributed by atoms with Gasteiger partial charge in [-0.2, -0.15) is 0 Å². The van der Waals surface area contributed by atoms with E-state index in [4.69, 9.17) is 11.6 Å². The average molecular weight is 281 g/mol. The van der Waals surface area contributed by atoms with E-state index in [2.05, 4.69) is 5.32 Å². The fourth-order valence-corrected chi connectivity index (χ4v) is 2.41. The zero-order valence-electron chi connectivity index (χ0n) is 11.1. The molecule has 1 aromatic rings. The lowest BCUT2D eigenvalue weighted by Gasteiger charge is -2.25. The van der Waals surface area contributed by atoms with Crippen molar-refractivity contribution in [1.29, 1.82) is 0 Å². The summed E-state index contributed by atoms with van der Waals surface area (Å²) < 4.78 is 0. The van der Waals surface area contributed by atoms with Crippen molar-refractivity contribution in [3.05, 3.63) is 28.8 Å². The Kier molecular flexibility index (Phi) is 4.10. The van der Waals surface area contributed by atoms with Crippen molar-refractivity contribution in [1.82, 2.24) is 5.32 Å². The molecular formula is C14H17ClN2O2. The molecule has 1 aliphatic rings. The Bertz CT molecular complexity index is 516. The molecule has 5 heteroatoms. The molecule has 1 saturated heterocycles. The molecule has 0 radical (unpaired) electrons. The van der Waals surface area contributed by atoms with Crippen molar-refractivity contribution in [2.45, 2.75) is 32.7 Å². The molecule has 1 fully saturated rings. The summed E-state index contributed by atoms with van der Waals surface area (Å²) in [4.78, 5) is 25.7. The molecule has 4 nitrogen and oxygen atoms in total. The Morgan fingerprint density at radius 2 is 2.16 bits per heavy atom. The number of anilines is 1. The van der Waals surface area contributed by atoms with Gasteiger partial charge >= 0.3 is 0 Å². The summed E-state index contributed by atoms with van der Waals surface area (Å²) in [5.74, 6) is -0.152. The van der Waals surface area contributed by atoms with Gasteiger partial charge in [0.15, 0.2) is 0 Å². The molecule has 0 spiro atoms. The van der Waals surface area contributed by atoms with E-state index in [0.29, 0.717) is 24.4 Å². The molecule has 1 unspecified atom stereocenters. The zero-order valence-corrected chi connectivity index (χ0v) is 11.8. The number of amides is 2. The minimum absolute atomic E-state index is 0.0706. The van der Waals surface area contributed by atoms with Crippen LogP contribution in [0.5, 0.6) is 0 Å². The van der Waals surface area contributed by atoms with Gasteiger partial charge in [-0.25, -0.2) is 0 Å². The number of halogens is 1. The lowest BCUT2D eigenvalue weighted by molar-refractivity contribution is -0.125. The van der Waals surface area contributed by atoms with Crippen molar-refractivity contribution >= 4 is 29.1 Å². The Morgan fingerprint density at radius 1 is 1.42 bits per heavy atom. The van der Waals surface area contributed by atoms with Crippen molar-refractivity contribution < 1.29 is 9.59 Å². The first kappa shape index (κ1) is 13.9. The molecule has 2 amide bonds. The number of rotatable bonds is 2. The van der Waals surface area contributed by atoms with Crippen molar-refractivity contribution in [3.8, 4) is 0 Å². The van der Waals surface area contributed by atoms with Crippen LogP contribution < -0.4 is 10.2 Å². The second-order valence-electron chi connectivity index (χ2n) is 4.65. The summed E-state index contributed by atoms with van der Waals surface area (Å²) in [6.45, 7) is 4.16. The number of nitrogens with zero attached hydrogens (tertiary/aromatic N) is 1. The van der Waals surface area contributed by atoms with E-state index in [1.807, 2.05) is 26.0 Å². The third-order valence-corrected chi connectivity index (χ3v) is 3.81. The van der Waals surface area contributed by atoms with Crippen LogP contribution in [-0.4, -0.2) is 24.4 Å². The van der Waals surface area contributed by atoms with Crippen molar-refractivity contribution in [3.63, 3.8) is 0 Å². The van der Waals surface area contributed by atoms with Crippen LogP contribution in [0.1, 0.15) is 25.3 Å². The normalized spacial score (nSPS) is 20.2. The molecule has 102 valence electrons. The largest absolute Gasteiger partial charge is 0.344 e. The maximum Gasteiger partial charge on any atom is 0.249 e. The van der Waals surface area contributed by atoms with Gasteiger partial charge in [-0.05, 0) is 31.0 Å². The molecule has 0 aromatic heterocycles. The second-order valence-corrected chi connectivity index (χ2v) is 5.06. The summed E-state index contributed by atoms with van der Waals surface area (Å²) >= 11 is 6.10. The monoisotopic (exact) mass is 280 g/mol. The maximum atomic E-state index is 12.5. The fourth-order valence-electron chi connectivity index (χ4n) is 2.24. The van der Waals surface area contributed by atoms with Crippen LogP contribution in [0.2, 0.25) is 5.02 Å². The van der Waals surface area contributed by atoms with E-state index in [1.165, 1.54) is 0 Å². The van der Waals surface area contributed by atoms with Gasteiger partial charge in [0.1, 0.15) is 6.04 Å². The SMILES string of the molecule is CCC1NC(=O)CCN(c2cccc(Cl)c2C)C1=O. The summed E-state index contributed by atoms with van der Waals surface area (Å²) in [6.07, 6.45) is 0.898. The smallest absolute Gasteiger partial charge is 0.249 e. The molecule has 1 atom stereocenters. The van der Waals surface area contributed by atoms with Crippen LogP contribution in [0.15, 0.2) is 18.2 Å². The highest BCUT2D eigenvalue weighted by molar-refractivity contribution is 6.31. The first-order valence-corrected chi connectivity index (χ1v) is 6.78. The van der Waals surface area contributed by atoms with Crippen LogP contribution >= 0.6 is 11.6 Å². The molecule has 2 rings (SSSR count). The first-order chi connectivity index (χ1) is 9.04. The van der Waals surface area contributed by atoms with Crippen LogP contribution in [0.25, 0.3) is 0 Å². The molecule has 1 aliphatic heterocycles. The highest BCUT2D eigenvalue weighted by Gasteiger charge is 2.30. The second kappa shape index (κ2) is 5.61. The third-order valence-electron chi connectivity index (χ3n) is 3.40. The van der Waals surface area contributed by atoms with Gasteiger partial charge in [0.05, 0.1) is 0 Å². The molecule has 0 saturated carbocycles. The summed E-state index contributed by atoms with van der Waals surface area (Å²) in [6, 6.07) is 5.03. The number of benzene rings is 1. The molecule has 1 N–H and O–H groups in total. The number of hydrogen-bond acceptors (Lipinski definition) is 2. The number of carbonyl (C=O) groups is 2. The first-order valence-electron chi connectivity index (χ1n) is 6.40. The van der Waals surface area contributed by atoms with Gasteiger partial charge in [-0.15, -0.1) is 0 Å². The van der Waals surface area contributed by atoms with E-state index in [1.54, 1.807) is 11.0 Å². The number of nitrogens with one attached hydrogen (secondary N) is 1.